The van der Waals surface area contributed by atoms with Crippen LogP contribution in [0.5, 0.6) is 11.5 Å². The van der Waals surface area contributed by atoms with Crippen LogP contribution in [0.4, 0.5) is 0 Å². The fraction of sp³-hybridized carbons (Fsp3) is 0.273. The molecule has 1 amide bonds. The highest BCUT2D eigenvalue weighted by Crippen LogP contribution is 2.31. The molecule has 0 aliphatic carbocycles. The number of amides is 1. The van der Waals surface area contributed by atoms with E-state index in [9.17, 15) is 4.79 Å². The largest absolute Gasteiger partial charge is 0.486 e. The van der Waals surface area contributed by atoms with Crippen molar-refractivity contribution >= 4 is 16.8 Å². The van der Waals surface area contributed by atoms with E-state index in [1.807, 2.05) is 50.2 Å². The molecular formula is C22H22N2O3. The van der Waals surface area contributed by atoms with Crippen molar-refractivity contribution in [1.82, 2.24) is 9.88 Å². The fourth-order valence-corrected chi connectivity index (χ4v) is 3.35. The molecule has 0 atom stereocenters. The number of carbonyl (C=O) groups is 1. The smallest absolute Gasteiger partial charge is 0.255 e. The first kappa shape index (κ1) is 17.3. The molecule has 138 valence electrons. The topological polar surface area (TPSA) is 51.7 Å². The van der Waals surface area contributed by atoms with Crippen LogP contribution in [-0.2, 0) is 6.54 Å². The van der Waals surface area contributed by atoms with Gasteiger partial charge >= 0.3 is 0 Å². The van der Waals surface area contributed by atoms with E-state index in [1.165, 1.54) is 0 Å². The second-order valence-electron chi connectivity index (χ2n) is 6.96. The summed E-state index contributed by atoms with van der Waals surface area (Å²) in [5, 5.41) is 0.983. The normalized spacial score (nSPS) is 12.9. The van der Waals surface area contributed by atoms with E-state index in [0.29, 0.717) is 25.3 Å². The fourth-order valence-electron chi connectivity index (χ4n) is 3.35. The zero-order valence-electron chi connectivity index (χ0n) is 15.8. The Bertz CT molecular complexity index is 1030. The Kier molecular flexibility index (Phi) is 4.44. The van der Waals surface area contributed by atoms with Crippen molar-refractivity contribution in [3.8, 4) is 11.5 Å². The van der Waals surface area contributed by atoms with Crippen LogP contribution in [0.15, 0.2) is 42.5 Å². The Labute approximate surface area is 158 Å². The van der Waals surface area contributed by atoms with Gasteiger partial charge in [0.15, 0.2) is 11.5 Å². The molecule has 0 radical (unpaired) electrons. The minimum absolute atomic E-state index is 0.0432. The number of aryl methyl sites for hydroxylation is 2. The molecule has 2 heterocycles. The molecule has 0 bridgehead atoms. The maximum Gasteiger partial charge on any atom is 0.255 e. The van der Waals surface area contributed by atoms with Gasteiger partial charge < -0.3 is 14.4 Å². The average molecular weight is 362 g/mol. The van der Waals surface area contributed by atoms with Crippen LogP contribution in [0, 0.1) is 13.8 Å². The van der Waals surface area contributed by atoms with Crippen molar-refractivity contribution in [2.75, 3.05) is 20.3 Å². The lowest BCUT2D eigenvalue weighted by molar-refractivity contribution is 0.0783. The van der Waals surface area contributed by atoms with E-state index in [4.69, 9.17) is 9.47 Å². The SMILES string of the molecule is Cc1ccc2nc(C)c(C(=O)N(C)Cc3ccc4c(c3)OCCO4)cc2c1. The van der Waals surface area contributed by atoms with E-state index in [-0.39, 0.29) is 5.91 Å². The summed E-state index contributed by atoms with van der Waals surface area (Å²) in [6.07, 6.45) is 0. The molecule has 1 aliphatic rings. The van der Waals surface area contributed by atoms with Crippen molar-refractivity contribution in [3.05, 3.63) is 64.8 Å². The van der Waals surface area contributed by atoms with Crippen LogP contribution in [0.2, 0.25) is 0 Å². The Morgan fingerprint density at radius 3 is 2.63 bits per heavy atom. The van der Waals surface area contributed by atoms with Crippen molar-refractivity contribution in [2.24, 2.45) is 0 Å². The molecular weight excluding hydrogens is 340 g/mol. The highest BCUT2D eigenvalue weighted by atomic mass is 16.6. The van der Waals surface area contributed by atoms with Gasteiger partial charge in [-0.1, -0.05) is 17.7 Å². The summed E-state index contributed by atoms with van der Waals surface area (Å²) >= 11 is 0. The second-order valence-corrected chi connectivity index (χ2v) is 6.96. The van der Waals surface area contributed by atoms with E-state index >= 15 is 0 Å². The molecule has 0 N–H and O–H groups in total. The van der Waals surface area contributed by atoms with Gasteiger partial charge in [-0.3, -0.25) is 9.78 Å². The molecule has 3 aromatic rings. The number of aromatic nitrogens is 1. The molecule has 5 nitrogen and oxygen atoms in total. The van der Waals surface area contributed by atoms with E-state index in [0.717, 1.165) is 39.2 Å². The van der Waals surface area contributed by atoms with Crippen molar-refractivity contribution in [1.29, 1.82) is 0 Å². The number of carbonyl (C=O) groups excluding carboxylic acids is 1. The number of hydrogen-bond acceptors (Lipinski definition) is 4. The third kappa shape index (κ3) is 3.45. The maximum absolute atomic E-state index is 13.0. The summed E-state index contributed by atoms with van der Waals surface area (Å²) in [6.45, 7) is 5.52. The lowest BCUT2D eigenvalue weighted by atomic mass is 10.1. The van der Waals surface area contributed by atoms with Crippen LogP contribution < -0.4 is 9.47 Å². The summed E-state index contributed by atoms with van der Waals surface area (Å²) in [7, 11) is 1.80. The van der Waals surface area contributed by atoms with Crippen LogP contribution in [0.3, 0.4) is 0 Å². The number of ether oxygens (including phenoxy) is 2. The van der Waals surface area contributed by atoms with Gasteiger partial charge in [0.2, 0.25) is 0 Å². The summed E-state index contributed by atoms with van der Waals surface area (Å²) < 4.78 is 11.2. The number of benzene rings is 2. The molecule has 1 aliphatic heterocycles. The third-order valence-corrected chi connectivity index (χ3v) is 4.76. The average Bonchev–Trinajstić information content (AvgIpc) is 2.67. The van der Waals surface area contributed by atoms with E-state index < -0.39 is 0 Å². The van der Waals surface area contributed by atoms with Gasteiger partial charge in [-0.25, -0.2) is 0 Å². The molecule has 0 unspecified atom stereocenters. The van der Waals surface area contributed by atoms with Crippen LogP contribution in [0.25, 0.3) is 10.9 Å². The summed E-state index contributed by atoms with van der Waals surface area (Å²) in [6, 6.07) is 13.8. The molecule has 0 saturated carbocycles. The quantitative estimate of drug-likeness (QED) is 0.709. The Morgan fingerprint density at radius 2 is 1.81 bits per heavy atom. The second kappa shape index (κ2) is 6.91. The molecule has 0 spiro atoms. The number of hydrogen-bond donors (Lipinski definition) is 0. The summed E-state index contributed by atoms with van der Waals surface area (Å²) in [5.74, 6) is 1.45. The van der Waals surface area contributed by atoms with E-state index in [1.54, 1.807) is 11.9 Å². The minimum Gasteiger partial charge on any atom is -0.486 e. The molecule has 1 aromatic heterocycles. The Hall–Kier alpha value is -3.08. The first-order valence-electron chi connectivity index (χ1n) is 9.03. The van der Waals surface area contributed by atoms with E-state index in [2.05, 4.69) is 11.1 Å². The van der Waals surface area contributed by atoms with Crippen LogP contribution >= 0.6 is 0 Å². The Balaban J connectivity index is 1.58. The first-order chi connectivity index (χ1) is 13.0. The summed E-state index contributed by atoms with van der Waals surface area (Å²) in [5.41, 5.74) is 4.43. The van der Waals surface area contributed by atoms with Crippen molar-refractivity contribution in [3.63, 3.8) is 0 Å². The van der Waals surface area contributed by atoms with Gasteiger partial charge in [0.1, 0.15) is 13.2 Å². The minimum atomic E-state index is -0.0432. The predicted molar refractivity (Wildman–Crippen MR) is 104 cm³/mol. The zero-order valence-corrected chi connectivity index (χ0v) is 15.8. The highest BCUT2D eigenvalue weighted by molar-refractivity contribution is 5.98. The van der Waals surface area contributed by atoms with Gasteiger partial charge in [0.25, 0.3) is 5.91 Å². The van der Waals surface area contributed by atoms with Gasteiger partial charge in [-0.2, -0.15) is 0 Å². The molecule has 0 saturated heterocycles. The first-order valence-corrected chi connectivity index (χ1v) is 9.03. The third-order valence-electron chi connectivity index (χ3n) is 4.76. The van der Waals surface area contributed by atoms with Gasteiger partial charge in [-0.05, 0) is 49.7 Å². The Morgan fingerprint density at radius 1 is 1.04 bits per heavy atom. The monoisotopic (exact) mass is 362 g/mol. The molecule has 4 rings (SSSR count). The number of rotatable bonds is 3. The van der Waals surface area contributed by atoms with Crippen molar-refractivity contribution in [2.45, 2.75) is 20.4 Å². The predicted octanol–water partition coefficient (Wildman–Crippen LogP) is 3.90. The molecule has 0 fully saturated rings. The van der Waals surface area contributed by atoms with Gasteiger partial charge in [0, 0.05) is 19.0 Å². The molecule has 5 heteroatoms. The standard InChI is InChI=1S/C22H22N2O3/c1-14-4-6-19-17(10-14)12-18(15(2)23-19)22(25)24(3)13-16-5-7-20-21(11-16)27-9-8-26-20/h4-7,10-12H,8-9,13H2,1-3H3. The van der Waals surface area contributed by atoms with Gasteiger partial charge in [-0.15, -0.1) is 0 Å². The lowest BCUT2D eigenvalue weighted by Crippen LogP contribution is -2.27. The zero-order chi connectivity index (χ0) is 19.0. The van der Waals surface area contributed by atoms with Crippen LogP contribution in [0.1, 0.15) is 27.2 Å². The molecule has 2 aromatic carbocycles. The van der Waals surface area contributed by atoms with Gasteiger partial charge in [0.05, 0.1) is 16.8 Å². The number of pyridine rings is 1. The number of nitrogens with zero attached hydrogens (tertiary/aromatic N) is 2. The maximum atomic E-state index is 13.0. The number of fused-ring (bicyclic) bond motifs is 2. The lowest BCUT2D eigenvalue weighted by Gasteiger charge is -2.21. The van der Waals surface area contributed by atoms with Crippen LogP contribution in [-0.4, -0.2) is 36.1 Å². The highest BCUT2D eigenvalue weighted by Gasteiger charge is 2.18. The summed E-state index contributed by atoms with van der Waals surface area (Å²) in [4.78, 5) is 19.3. The molecule has 27 heavy (non-hydrogen) atoms. The van der Waals surface area contributed by atoms with Crippen molar-refractivity contribution < 1.29 is 14.3 Å².